The molecule has 0 saturated heterocycles. The van der Waals surface area contributed by atoms with Crippen molar-refractivity contribution in [2.24, 2.45) is 11.7 Å². The maximum absolute atomic E-state index is 5.65. The van der Waals surface area contributed by atoms with Gasteiger partial charge in [-0.05, 0) is 52.8 Å². The van der Waals surface area contributed by atoms with Crippen LogP contribution < -0.4 is 11.1 Å². The molecule has 0 saturated carbocycles. The predicted molar refractivity (Wildman–Crippen MR) is 71.2 cm³/mol. The normalized spacial score (nSPS) is 13.0. The Kier molecular flexibility index (Phi) is 6.48. The number of hydrogen-bond donors (Lipinski definition) is 2. The number of hydrogen-bond acceptors (Lipinski definition) is 3. The van der Waals surface area contributed by atoms with Gasteiger partial charge >= 0.3 is 0 Å². The molecule has 0 radical (unpaired) electrons. The third-order valence-electron chi connectivity index (χ3n) is 2.62. The zero-order valence-electron chi connectivity index (χ0n) is 9.13. The third-order valence-corrected chi connectivity index (χ3v) is 4.54. The summed E-state index contributed by atoms with van der Waals surface area (Å²) < 4.78 is 1.21. The molecule has 1 unspecified atom stereocenters. The van der Waals surface area contributed by atoms with E-state index in [1.54, 1.807) is 11.3 Å². The van der Waals surface area contributed by atoms with Crippen molar-refractivity contribution in [2.45, 2.75) is 26.3 Å². The molecule has 86 valence electrons. The Balaban J connectivity index is 2.14. The highest BCUT2D eigenvalue weighted by Gasteiger charge is 2.04. The van der Waals surface area contributed by atoms with Gasteiger partial charge in [0, 0.05) is 15.9 Å². The first kappa shape index (κ1) is 13.2. The van der Waals surface area contributed by atoms with E-state index in [9.17, 15) is 0 Å². The van der Waals surface area contributed by atoms with E-state index in [-0.39, 0.29) is 0 Å². The van der Waals surface area contributed by atoms with E-state index in [0.717, 1.165) is 19.6 Å². The zero-order valence-corrected chi connectivity index (χ0v) is 11.5. The molecule has 15 heavy (non-hydrogen) atoms. The molecule has 1 aromatic rings. The van der Waals surface area contributed by atoms with Crippen molar-refractivity contribution in [1.82, 2.24) is 5.32 Å². The molecule has 1 atom stereocenters. The highest BCUT2D eigenvalue weighted by atomic mass is 79.9. The molecule has 0 aromatic carbocycles. The maximum Gasteiger partial charge on any atom is 0.0327 e. The second-order valence-electron chi connectivity index (χ2n) is 3.67. The Morgan fingerprint density at radius 3 is 2.93 bits per heavy atom. The van der Waals surface area contributed by atoms with E-state index in [0.29, 0.717) is 5.92 Å². The van der Waals surface area contributed by atoms with Gasteiger partial charge in [0.15, 0.2) is 0 Å². The lowest BCUT2D eigenvalue weighted by Crippen LogP contribution is -2.21. The molecule has 4 heteroatoms. The van der Waals surface area contributed by atoms with E-state index in [2.05, 4.69) is 39.6 Å². The van der Waals surface area contributed by atoms with Gasteiger partial charge in [0.25, 0.3) is 0 Å². The number of rotatable bonds is 7. The topological polar surface area (TPSA) is 38.0 Å². The largest absolute Gasteiger partial charge is 0.330 e. The number of nitrogens with two attached hydrogens (primary N) is 1. The van der Waals surface area contributed by atoms with Crippen LogP contribution in [0.5, 0.6) is 0 Å². The van der Waals surface area contributed by atoms with Crippen LogP contribution in [0.2, 0.25) is 0 Å². The fraction of sp³-hybridized carbons (Fsp3) is 0.636. The molecule has 0 aliphatic heterocycles. The summed E-state index contributed by atoms with van der Waals surface area (Å²) in [7, 11) is 0. The van der Waals surface area contributed by atoms with Gasteiger partial charge in [0.1, 0.15) is 0 Å². The van der Waals surface area contributed by atoms with Crippen LogP contribution >= 0.6 is 27.3 Å². The highest BCUT2D eigenvalue weighted by Crippen LogP contribution is 2.22. The van der Waals surface area contributed by atoms with Gasteiger partial charge in [-0.15, -0.1) is 11.3 Å². The summed E-state index contributed by atoms with van der Waals surface area (Å²) in [6.45, 7) is 5.02. The van der Waals surface area contributed by atoms with Crippen LogP contribution in [0.3, 0.4) is 0 Å². The predicted octanol–water partition coefficient (Wildman–Crippen LogP) is 2.98. The number of halogens is 1. The lowest BCUT2D eigenvalue weighted by Gasteiger charge is -2.12. The van der Waals surface area contributed by atoms with E-state index in [1.807, 2.05) is 0 Å². The van der Waals surface area contributed by atoms with Crippen LogP contribution in [-0.2, 0) is 6.54 Å². The fourth-order valence-electron chi connectivity index (χ4n) is 1.45. The summed E-state index contributed by atoms with van der Waals surface area (Å²) in [6, 6.07) is 2.09. The summed E-state index contributed by atoms with van der Waals surface area (Å²) in [5.74, 6) is 0.671. The van der Waals surface area contributed by atoms with Gasteiger partial charge in [-0.25, -0.2) is 0 Å². The maximum atomic E-state index is 5.65. The third kappa shape index (κ3) is 4.64. The van der Waals surface area contributed by atoms with E-state index >= 15 is 0 Å². The Morgan fingerprint density at radius 1 is 1.60 bits per heavy atom. The minimum Gasteiger partial charge on any atom is -0.330 e. The number of thiophene rings is 1. The van der Waals surface area contributed by atoms with Gasteiger partial charge in [0.05, 0.1) is 0 Å². The van der Waals surface area contributed by atoms with Gasteiger partial charge in [-0.1, -0.05) is 13.3 Å². The fourth-order valence-corrected chi connectivity index (χ4v) is 2.91. The van der Waals surface area contributed by atoms with Crippen LogP contribution in [0.25, 0.3) is 0 Å². The molecule has 0 bridgehead atoms. The van der Waals surface area contributed by atoms with Crippen LogP contribution in [0, 0.1) is 5.92 Å². The lowest BCUT2D eigenvalue weighted by atomic mass is 10.0. The van der Waals surface area contributed by atoms with Crippen molar-refractivity contribution in [3.8, 4) is 0 Å². The molecular formula is C11H19BrN2S. The van der Waals surface area contributed by atoms with E-state index < -0.39 is 0 Å². The zero-order chi connectivity index (χ0) is 11.1. The minimum absolute atomic E-state index is 0.671. The second kappa shape index (κ2) is 7.39. The Bertz CT molecular complexity index is 271. The molecule has 0 aliphatic rings. The van der Waals surface area contributed by atoms with Crippen molar-refractivity contribution < 1.29 is 0 Å². The first-order valence-corrected chi connectivity index (χ1v) is 7.07. The highest BCUT2D eigenvalue weighted by molar-refractivity contribution is 9.10. The van der Waals surface area contributed by atoms with E-state index in [4.69, 9.17) is 5.73 Å². The molecule has 0 fully saturated rings. The van der Waals surface area contributed by atoms with Crippen LogP contribution in [-0.4, -0.2) is 13.1 Å². The van der Waals surface area contributed by atoms with Crippen molar-refractivity contribution in [3.63, 3.8) is 0 Å². The molecule has 2 nitrogen and oxygen atoms in total. The molecule has 0 spiro atoms. The molecule has 1 aromatic heterocycles. The lowest BCUT2D eigenvalue weighted by molar-refractivity contribution is 0.461. The van der Waals surface area contributed by atoms with Gasteiger partial charge in [0.2, 0.25) is 0 Å². The molecule has 1 rings (SSSR count). The average Bonchev–Trinajstić information content (AvgIpc) is 2.65. The average molecular weight is 291 g/mol. The quantitative estimate of drug-likeness (QED) is 0.758. The summed E-state index contributed by atoms with van der Waals surface area (Å²) in [6.07, 6.45) is 2.36. The second-order valence-corrected chi connectivity index (χ2v) is 5.52. The summed E-state index contributed by atoms with van der Waals surface area (Å²) in [5.41, 5.74) is 5.65. The molecule has 1 heterocycles. The van der Waals surface area contributed by atoms with Gasteiger partial charge in [-0.3, -0.25) is 0 Å². The van der Waals surface area contributed by atoms with Crippen molar-refractivity contribution in [3.05, 3.63) is 20.8 Å². The standard InChI is InChI=1S/C11H19BrN2S/c1-2-9(7-13)3-5-14-8-11-10(12)4-6-15-11/h4,6,9,14H,2-3,5,7-8,13H2,1H3. The summed E-state index contributed by atoms with van der Waals surface area (Å²) in [4.78, 5) is 1.37. The minimum atomic E-state index is 0.671. The molecule has 0 aliphatic carbocycles. The van der Waals surface area contributed by atoms with Crippen LogP contribution in [0.4, 0.5) is 0 Å². The molecular weight excluding hydrogens is 272 g/mol. The SMILES string of the molecule is CCC(CN)CCNCc1sccc1Br. The van der Waals surface area contributed by atoms with E-state index in [1.165, 1.54) is 22.2 Å². The Morgan fingerprint density at radius 2 is 2.40 bits per heavy atom. The molecule has 0 amide bonds. The van der Waals surface area contributed by atoms with Gasteiger partial charge in [-0.2, -0.15) is 0 Å². The van der Waals surface area contributed by atoms with Crippen molar-refractivity contribution in [1.29, 1.82) is 0 Å². The number of nitrogens with one attached hydrogen (secondary N) is 1. The van der Waals surface area contributed by atoms with Crippen molar-refractivity contribution >= 4 is 27.3 Å². The molecule has 3 N–H and O–H groups in total. The van der Waals surface area contributed by atoms with Crippen LogP contribution in [0.1, 0.15) is 24.6 Å². The Labute approximate surface area is 104 Å². The summed E-state index contributed by atoms with van der Waals surface area (Å²) >= 11 is 5.31. The van der Waals surface area contributed by atoms with Gasteiger partial charge < -0.3 is 11.1 Å². The Hall–Kier alpha value is 0.100. The smallest absolute Gasteiger partial charge is 0.0327 e. The summed E-state index contributed by atoms with van der Waals surface area (Å²) in [5, 5.41) is 5.56. The first-order chi connectivity index (χ1) is 7.27. The monoisotopic (exact) mass is 290 g/mol. The first-order valence-electron chi connectivity index (χ1n) is 5.40. The van der Waals surface area contributed by atoms with Crippen LogP contribution in [0.15, 0.2) is 15.9 Å². The van der Waals surface area contributed by atoms with Crippen molar-refractivity contribution in [2.75, 3.05) is 13.1 Å².